The molecule has 0 saturated carbocycles. The summed E-state index contributed by atoms with van der Waals surface area (Å²) < 4.78 is 13.7. The summed E-state index contributed by atoms with van der Waals surface area (Å²) in [5.41, 5.74) is 6.35. The summed E-state index contributed by atoms with van der Waals surface area (Å²) in [6, 6.07) is 1.39. The minimum atomic E-state index is -0.920. The molecule has 1 heterocycles. The van der Waals surface area contributed by atoms with E-state index in [-0.39, 0.29) is 11.4 Å². The van der Waals surface area contributed by atoms with Gasteiger partial charge < -0.3 is 15.9 Å². The van der Waals surface area contributed by atoms with Gasteiger partial charge in [-0.1, -0.05) is 0 Å². The molecule has 0 spiro atoms. The molecule has 0 unspecified atom stereocenters. The van der Waals surface area contributed by atoms with Crippen LogP contribution in [0.5, 0.6) is 11.5 Å². The van der Waals surface area contributed by atoms with Crippen molar-refractivity contribution in [1.82, 2.24) is 10.2 Å². The molecule has 0 bridgehead atoms. The molecule has 0 fully saturated rings. The van der Waals surface area contributed by atoms with E-state index in [4.69, 9.17) is 5.73 Å². The zero-order valence-corrected chi connectivity index (χ0v) is 8.45. The van der Waals surface area contributed by atoms with Crippen LogP contribution in [-0.4, -0.2) is 20.4 Å². The van der Waals surface area contributed by atoms with Crippen molar-refractivity contribution in [3.8, 4) is 22.6 Å². The SMILES string of the molecule is Cc1cc(-c2cn[nH]c2N)c(F)c(O)c1O. The first-order valence-corrected chi connectivity index (χ1v) is 4.52. The van der Waals surface area contributed by atoms with Gasteiger partial charge in [-0.25, -0.2) is 4.39 Å². The molecule has 0 aliphatic heterocycles. The third-order valence-corrected chi connectivity index (χ3v) is 2.36. The maximum Gasteiger partial charge on any atom is 0.194 e. The van der Waals surface area contributed by atoms with Crippen LogP contribution >= 0.6 is 0 Å². The van der Waals surface area contributed by atoms with Crippen LogP contribution in [0.25, 0.3) is 11.1 Å². The number of nitrogens with one attached hydrogen (secondary N) is 1. The number of aromatic hydroxyl groups is 2. The first kappa shape index (κ1) is 10.3. The number of nitrogen functional groups attached to an aromatic ring is 1. The zero-order chi connectivity index (χ0) is 11.9. The van der Waals surface area contributed by atoms with E-state index in [0.29, 0.717) is 11.1 Å². The van der Waals surface area contributed by atoms with Crippen LogP contribution in [0.15, 0.2) is 12.3 Å². The predicted octanol–water partition coefficient (Wildman–Crippen LogP) is 1.52. The van der Waals surface area contributed by atoms with Gasteiger partial charge >= 0.3 is 0 Å². The lowest BCUT2D eigenvalue weighted by Gasteiger charge is -2.08. The number of anilines is 1. The normalized spacial score (nSPS) is 10.6. The van der Waals surface area contributed by atoms with Crippen LogP contribution in [0.4, 0.5) is 10.2 Å². The summed E-state index contributed by atoms with van der Waals surface area (Å²) in [4.78, 5) is 0. The van der Waals surface area contributed by atoms with Crippen molar-refractivity contribution < 1.29 is 14.6 Å². The summed E-state index contributed by atoms with van der Waals surface area (Å²) in [7, 11) is 0. The first-order valence-electron chi connectivity index (χ1n) is 4.52. The lowest BCUT2D eigenvalue weighted by Crippen LogP contribution is -1.92. The van der Waals surface area contributed by atoms with Gasteiger partial charge in [-0.05, 0) is 18.6 Å². The van der Waals surface area contributed by atoms with Crippen molar-refractivity contribution in [2.75, 3.05) is 5.73 Å². The van der Waals surface area contributed by atoms with Crippen molar-refractivity contribution in [2.45, 2.75) is 6.92 Å². The highest BCUT2D eigenvalue weighted by Gasteiger charge is 2.18. The molecule has 0 aliphatic rings. The molecule has 0 amide bonds. The Hall–Kier alpha value is -2.24. The first-order chi connectivity index (χ1) is 7.52. The average Bonchev–Trinajstić information content (AvgIpc) is 2.67. The van der Waals surface area contributed by atoms with Gasteiger partial charge in [0.2, 0.25) is 0 Å². The fourth-order valence-electron chi connectivity index (χ4n) is 1.47. The number of benzene rings is 1. The highest BCUT2D eigenvalue weighted by molar-refractivity contribution is 5.76. The number of aromatic nitrogens is 2. The van der Waals surface area contributed by atoms with E-state index in [0.717, 1.165) is 0 Å². The second-order valence-corrected chi connectivity index (χ2v) is 3.45. The summed E-state index contributed by atoms with van der Waals surface area (Å²) in [5.74, 6) is -1.97. The molecule has 2 aromatic rings. The summed E-state index contributed by atoms with van der Waals surface area (Å²) in [6.45, 7) is 1.55. The zero-order valence-electron chi connectivity index (χ0n) is 8.45. The Morgan fingerprint density at radius 1 is 1.31 bits per heavy atom. The molecule has 0 atom stereocenters. The van der Waals surface area contributed by atoms with Gasteiger partial charge in [0.1, 0.15) is 5.82 Å². The van der Waals surface area contributed by atoms with Crippen molar-refractivity contribution in [2.24, 2.45) is 0 Å². The van der Waals surface area contributed by atoms with E-state index < -0.39 is 17.3 Å². The van der Waals surface area contributed by atoms with Gasteiger partial charge in [0.25, 0.3) is 0 Å². The Morgan fingerprint density at radius 2 is 2.00 bits per heavy atom. The van der Waals surface area contributed by atoms with Gasteiger partial charge in [0.05, 0.1) is 6.20 Å². The fourth-order valence-corrected chi connectivity index (χ4v) is 1.47. The Morgan fingerprint density at radius 3 is 2.56 bits per heavy atom. The number of nitrogens with zero attached hydrogens (tertiary/aromatic N) is 1. The van der Waals surface area contributed by atoms with Gasteiger partial charge in [0, 0.05) is 11.1 Å². The molecule has 0 aliphatic carbocycles. The number of aryl methyl sites for hydroxylation is 1. The molecule has 16 heavy (non-hydrogen) atoms. The quantitative estimate of drug-likeness (QED) is 0.551. The molecule has 84 valence electrons. The standard InChI is InChI=1S/C10H10FN3O2/c1-4-2-5(6-3-13-14-10(6)12)7(11)9(16)8(4)15/h2-3,15-16H,1H3,(H3,12,13,14). The molecule has 5 nitrogen and oxygen atoms in total. The van der Waals surface area contributed by atoms with Crippen LogP contribution in [0, 0.1) is 12.7 Å². The summed E-state index contributed by atoms with van der Waals surface area (Å²) >= 11 is 0. The Kier molecular flexibility index (Phi) is 2.19. The smallest absolute Gasteiger partial charge is 0.194 e. The van der Waals surface area contributed by atoms with Crippen LogP contribution in [-0.2, 0) is 0 Å². The fraction of sp³-hybridized carbons (Fsp3) is 0.100. The Labute approximate surface area is 90.3 Å². The lowest BCUT2D eigenvalue weighted by atomic mass is 10.0. The van der Waals surface area contributed by atoms with Crippen LogP contribution in [0.2, 0.25) is 0 Å². The lowest BCUT2D eigenvalue weighted by molar-refractivity contribution is 0.377. The number of halogens is 1. The van der Waals surface area contributed by atoms with Crippen molar-refractivity contribution >= 4 is 5.82 Å². The number of hydrogen-bond donors (Lipinski definition) is 4. The van der Waals surface area contributed by atoms with Crippen LogP contribution in [0.1, 0.15) is 5.56 Å². The molecular formula is C10H10FN3O2. The predicted molar refractivity (Wildman–Crippen MR) is 56.5 cm³/mol. The van der Waals surface area contributed by atoms with Crippen LogP contribution in [0.3, 0.4) is 0 Å². The molecule has 6 heteroatoms. The van der Waals surface area contributed by atoms with E-state index in [2.05, 4.69) is 10.2 Å². The molecule has 2 rings (SSSR count). The Balaban J connectivity index is 2.72. The highest BCUT2D eigenvalue weighted by Crippen LogP contribution is 2.38. The molecule has 1 aromatic carbocycles. The van der Waals surface area contributed by atoms with E-state index >= 15 is 0 Å². The van der Waals surface area contributed by atoms with E-state index in [9.17, 15) is 14.6 Å². The number of rotatable bonds is 1. The molecule has 1 aromatic heterocycles. The maximum atomic E-state index is 13.7. The third kappa shape index (κ3) is 1.35. The number of nitrogens with two attached hydrogens (primary N) is 1. The second kappa shape index (κ2) is 3.41. The number of phenols is 2. The van der Waals surface area contributed by atoms with Gasteiger partial charge in [0.15, 0.2) is 17.3 Å². The number of hydrogen-bond acceptors (Lipinski definition) is 4. The topological polar surface area (TPSA) is 95.2 Å². The summed E-state index contributed by atoms with van der Waals surface area (Å²) in [5, 5.41) is 24.8. The number of phenolic OH excluding ortho intramolecular Hbond substituents is 2. The van der Waals surface area contributed by atoms with E-state index in [1.54, 1.807) is 6.92 Å². The number of aromatic amines is 1. The van der Waals surface area contributed by atoms with Crippen molar-refractivity contribution in [3.63, 3.8) is 0 Å². The summed E-state index contributed by atoms with van der Waals surface area (Å²) in [6.07, 6.45) is 1.35. The third-order valence-electron chi connectivity index (χ3n) is 2.36. The largest absolute Gasteiger partial charge is 0.504 e. The van der Waals surface area contributed by atoms with Gasteiger partial charge in [-0.3, -0.25) is 5.10 Å². The highest BCUT2D eigenvalue weighted by atomic mass is 19.1. The van der Waals surface area contributed by atoms with Crippen molar-refractivity contribution in [1.29, 1.82) is 0 Å². The molecular weight excluding hydrogens is 213 g/mol. The van der Waals surface area contributed by atoms with E-state index in [1.165, 1.54) is 12.3 Å². The van der Waals surface area contributed by atoms with Crippen molar-refractivity contribution in [3.05, 3.63) is 23.6 Å². The molecule has 0 radical (unpaired) electrons. The molecule has 5 N–H and O–H groups in total. The second-order valence-electron chi connectivity index (χ2n) is 3.45. The van der Waals surface area contributed by atoms with Crippen LogP contribution < -0.4 is 5.73 Å². The minimum Gasteiger partial charge on any atom is -0.504 e. The number of H-pyrrole nitrogens is 1. The van der Waals surface area contributed by atoms with Gasteiger partial charge in [-0.2, -0.15) is 5.10 Å². The maximum absolute atomic E-state index is 13.7. The minimum absolute atomic E-state index is 0.0963. The average molecular weight is 223 g/mol. The van der Waals surface area contributed by atoms with E-state index in [1.807, 2.05) is 0 Å². The molecule has 0 saturated heterocycles. The van der Waals surface area contributed by atoms with Gasteiger partial charge in [-0.15, -0.1) is 0 Å². The Bertz CT molecular complexity index is 551. The monoisotopic (exact) mass is 223 g/mol.